The van der Waals surface area contributed by atoms with Crippen LogP contribution in [0.1, 0.15) is 92.4 Å². The molecule has 3 fully saturated rings. The molecule has 0 radical (unpaired) electrons. The topological polar surface area (TPSA) is 17.1 Å². The van der Waals surface area contributed by atoms with Gasteiger partial charge in [0.2, 0.25) is 0 Å². The highest BCUT2D eigenvalue weighted by Gasteiger charge is 2.54. The molecule has 0 bridgehead atoms. The van der Waals surface area contributed by atoms with E-state index < -0.39 is 0 Å². The molecule has 8 atom stereocenters. The van der Waals surface area contributed by atoms with E-state index in [1.807, 2.05) is 12.2 Å². The van der Waals surface area contributed by atoms with Gasteiger partial charge in [-0.2, -0.15) is 0 Å². The van der Waals surface area contributed by atoms with Crippen LogP contribution < -0.4 is 0 Å². The second-order valence-electron chi connectivity index (χ2n) is 11.6. The maximum atomic E-state index is 11.9. The highest BCUT2D eigenvalue weighted by Crippen LogP contribution is 2.62. The molecule has 29 heavy (non-hydrogen) atoms. The van der Waals surface area contributed by atoms with Crippen molar-refractivity contribution in [3.8, 4) is 0 Å². The summed E-state index contributed by atoms with van der Waals surface area (Å²) in [6.45, 7) is 12.2. The van der Waals surface area contributed by atoms with Crippen LogP contribution in [0.5, 0.6) is 0 Å². The van der Waals surface area contributed by atoms with Crippen LogP contribution in [0.25, 0.3) is 0 Å². The van der Waals surface area contributed by atoms with Crippen molar-refractivity contribution < 1.29 is 4.79 Å². The molecule has 4 rings (SSSR count). The van der Waals surface area contributed by atoms with Gasteiger partial charge in [-0.25, -0.2) is 0 Å². The molecule has 4 aliphatic carbocycles. The van der Waals surface area contributed by atoms with Crippen LogP contribution in [0.15, 0.2) is 23.8 Å². The van der Waals surface area contributed by atoms with Crippen LogP contribution in [-0.2, 0) is 4.79 Å². The molecule has 0 N–H and O–H groups in total. The van der Waals surface area contributed by atoms with Gasteiger partial charge in [-0.15, -0.1) is 0 Å². The molecule has 4 aliphatic rings. The average molecular weight is 397 g/mol. The summed E-state index contributed by atoms with van der Waals surface area (Å²) in [4.78, 5) is 11.9. The first-order chi connectivity index (χ1) is 13.8. The third kappa shape index (κ3) is 3.81. The molecular formula is C28H44O. The summed E-state index contributed by atoms with van der Waals surface area (Å²) < 4.78 is 0. The molecule has 162 valence electrons. The van der Waals surface area contributed by atoms with Crippen molar-refractivity contribution in [2.75, 3.05) is 0 Å². The van der Waals surface area contributed by atoms with Gasteiger partial charge in [0, 0.05) is 5.41 Å². The van der Waals surface area contributed by atoms with Crippen LogP contribution in [0.4, 0.5) is 0 Å². The van der Waals surface area contributed by atoms with E-state index in [1.165, 1.54) is 56.9 Å². The minimum absolute atomic E-state index is 0.164. The molecule has 3 saturated carbocycles. The molecule has 0 saturated heterocycles. The van der Waals surface area contributed by atoms with Gasteiger partial charge in [-0.05, 0) is 104 Å². The molecule has 1 nitrogen and oxygen atoms in total. The quantitative estimate of drug-likeness (QED) is 0.451. The Morgan fingerprint density at radius 2 is 1.76 bits per heavy atom. The summed E-state index contributed by atoms with van der Waals surface area (Å²) in [7, 11) is 0. The third-order valence-corrected chi connectivity index (χ3v) is 10.1. The number of allylic oxidation sites excluding steroid dienone is 4. The van der Waals surface area contributed by atoms with Gasteiger partial charge >= 0.3 is 0 Å². The van der Waals surface area contributed by atoms with E-state index in [9.17, 15) is 4.79 Å². The molecule has 0 heterocycles. The van der Waals surface area contributed by atoms with E-state index >= 15 is 0 Å². The fourth-order valence-electron chi connectivity index (χ4n) is 8.30. The van der Waals surface area contributed by atoms with Crippen LogP contribution in [0, 0.1) is 52.8 Å². The lowest BCUT2D eigenvalue weighted by Gasteiger charge is -2.54. The van der Waals surface area contributed by atoms with Gasteiger partial charge < -0.3 is 0 Å². The number of ketones is 1. The predicted octanol–water partition coefficient (Wildman–Crippen LogP) is 7.62. The first-order valence-corrected chi connectivity index (χ1v) is 12.8. The maximum Gasteiger partial charge on any atom is 0.178 e. The maximum absolute atomic E-state index is 11.9. The summed E-state index contributed by atoms with van der Waals surface area (Å²) >= 11 is 0. The zero-order chi connectivity index (χ0) is 20.8. The number of fused-ring (bicyclic) bond motifs is 5. The van der Waals surface area contributed by atoms with Gasteiger partial charge in [0.1, 0.15) is 0 Å². The van der Waals surface area contributed by atoms with Gasteiger partial charge in [-0.1, -0.05) is 59.1 Å². The van der Waals surface area contributed by atoms with E-state index in [0.29, 0.717) is 0 Å². The summed E-state index contributed by atoms with van der Waals surface area (Å²) in [5.74, 6) is 7.43. The third-order valence-electron chi connectivity index (χ3n) is 10.1. The zero-order valence-electron chi connectivity index (χ0n) is 19.6. The van der Waals surface area contributed by atoms with Crippen molar-refractivity contribution in [3.63, 3.8) is 0 Å². The van der Waals surface area contributed by atoms with Gasteiger partial charge in [0.15, 0.2) is 5.78 Å². The molecule has 0 amide bonds. The molecule has 0 aromatic carbocycles. The minimum Gasteiger partial charge on any atom is -0.290 e. The van der Waals surface area contributed by atoms with E-state index in [2.05, 4.69) is 40.7 Å². The Morgan fingerprint density at radius 1 is 1.00 bits per heavy atom. The summed E-state index contributed by atoms with van der Waals surface area (Å²) in [5, 5.41) is 0. The smallest absolute Gasteiger partial charge is 0.178 e. The first kappa shape index (κ1) is 21.4. The lowest BCUT2D eigenvalue weighted by molar-refractivity contribution is -0.111. The summed E-state index contributed by atoms with van der Waals surface area (Å²) in [6, 6.07) is 0. The van der Waals surface area contributed by atoms with Crippen molar-refractivity contribution in [1.82, 2.24) is 0 Å². The minimum atomic E-state index is 0.164. The van der Waals surface area contributed by atoms with Gasteiger partial charge in [-0.3, -0.25) is 4.79 Å². The van der Waals surface area contributed by atoms with Crippen molar-refractivity contribution in [2.45, 2.75) is 92.4 Å². The molecule has 8 unspecified atom stereocenters. The van der Waals surface area contributed by atoms with Crippen molar-refractivity contribution in [3.05, 3.63) is 23.8 Å². The Hall–Kier alpha value is -0.850. The standard InChI is InChI=1S/C28H44O/c1-6-20(18(2)3)8-7-19(4)23-11-12-25-24(23)13-14-27-26(25)10-9-21-17-22(29)15-16-28(21,27)5/h15-20,23-27H,6-14H2,1-5H3. The van der Waals surface area contributed by atoms with E-state index in [1.54, 1.807) is 0 Å². The molecule has 1 heteroatoms. The highest BCUT2D eigenvalue weighted by atomic mass is 16.1. The number of rotatable bonds is 6. The largest absolute Gasteiger partial charge is 0.290 e. The number of hydrogen-bond donors (Lipinski definition) is 0. The fraction of sp³-hybridized carbons (Fsp3) is 0.821. The van der Waals surface area contributed by atoms with E-state index in [4.69, 9.17) is 0 Å². The molecule has 0 aromatic rings. The molecule has 0 spiro atoms. The zero-order valence-corrected chi connectivity index (χ0v) is 19.6. The Labute approximate surface area is 179 Å². The second-order valence-corrected chi connectivity index (χ2v) is 11.6. The normalized spacial score (nSPS) is 40.8. The monoisotopic (exact) mass is 396 g/mol. The van der Waals surface area contributed by atoms with E-state index in [-0.39, 0.29) is 11.2 Å². The van der Waals surface area contributed by atoms with Crippen LogP contribution in [0.3, 0.4) is 0 Å². The summed E-state index contributed by atoms with van der Waals surface area (Å²) in [5.41, 5.74) is 1.60. The molecular weight excluding hydrogens is 352 g/mol. The van der Waals surface area contributed by atoms with Crippen molar-refractivity contribution in [1.29, 1.82) is 0 Å². The Balaban J connectivity index is 1.43. The Bertz CT molecular complexity index is 670. The van der Waals surface area contributed by atoms with Crippen LogP contribution in [0.2, 0.25) is 0 Å². The second kappa shape index (κ2) is 8.35. The van der Waals surface area contributed by atoms with Crippen LogP contribution in [-0.4, -0.2) is 5.78 Å². The fourth-order valence-corrected chi connectivity index (χ4v) is 8.30. The van der Waals surface area contributed by atoms with Gasteiger partial charge in [0.05, 0.1) is 0 Å². The summed E-state index contributed by atoms with van der Waals surface area (Å²) in [6.07, 6.45) is 18.6. The highest BCUT2D eigenvalue weighted by molar-refractivity contribution is 6.01. The number of hydrogen-bond acceptors (Lipinski definition) is 1. The molecule has 0 aliphatic heterocycles. The Morgan fingerprint density at radius 3 is 2.48 bits per heavy atom. The SMILES string of the molecule is CCC(CCC(C)C1CCC2C1CCC1C2CCC2=CC(=O)C=CC21C)C(C)C. The lowest BCUT2D eigenvalue weighted by atomic mass is 9.50. The first-order valence-electron chi connectivity index (χ1n) is 12.8. The molecule has 0 aromatic heterocycles. The predicted molar refractivity (Wildman–Crippen MR) is 123 cm³/mol. The number of carbonyl (C=O) groups excluding carboxylic acids is 1. The van der Waals surface area contributed by atoms with Crippen molar-refractivity contribution in [2.24, 2.45) is 52.8 Å². The lowest BCUT2D eigenvalue weighted by Crippen LogP contribution is -2.46. The average Bonchev–Trinajstić information content (AvgIpc) is 3.13. The van der Waals surface area contributed by atoms with Crippen LogP contribution >= 0.6 is 0 Å². The van der Waals surface area contributed by atoms with E-state index in [0.717, 1.165) is 53.8 Å². The Kier molecular flexibility index (Phi) is 6.16. The van der Waals surface area contributed by atoms with Gasteiger partial charge in [0.25, 0.3) is 0 Å². The van der Waals surface area contributed by atoms with Crippen molar-refractivity contribution >= 4 is 5.78 Å². The number of carbonyl (C=O) groups is 1.